The second-order valence-electron chi connectivity index (χ2n) is 7.88. The van der Waals surface area contributed by atoms with Crippen LogP contribution >= 0.6 is 0 Å². The molecule has 3 heteroatoms. The lowest BCUT2D eigenvalue weighted by Crippen LogP contribution is -1.77. The first kappa shape index (κ1) is 23.7. The van der Waals surface area contributed by atoms with Crippen molar-refractivity contribution in [2.24, 2.45) is 0 Å². The summed E-state index contributed by atoms with van der Waals surface area (Å²) in [5, 5.41) is 7.70. The highest BCUT2D eigenvalue weighted by Gasteiger charge is 2.04. The summed E-state index contributed by atoms with van der Waals surface area (Å²) in [7, 11) is 0. The predicted molar refractivity (Wildman–Crippen MR) is 137 cm³/mol. The van der Waals surface area contributed by atoms with Crippen molar-refractivity contribution < 1.29 is 4.42 Å². The SMILES string of the molecule is Cc1ccc(-c2ccccc2)cc1.Cc1ccc(-c2nnc(C)o2)cc1.Cc1ccccc1. The van der Waals surface area contributed by atoms with Gasteiger partial charge in [-0.2, -0.15) is 0 Å². The van der Waals surface area contributed by atoms with E-state index in [0.717, 1.165) is 5.56 Å². The molecular weight excluding hydrogens is 404 g/mol. The van der Waals surface area contributed by atoms with Crippen LogP contribution in [-0.2, 0) is 0 Å². The maximum atomic E-state index is 5.29. The van der Waals surface area contributed by atoms with Crippen molar-refractivity contribution in [1.29, 1.82) is 0 Å². The zero-order chi connectivity index (χ0) is 23.5. The van der Waals surface area contributed by atoms with Crippen LogP contribution in [0, 0.1) is 27.7 Å². The molecule has 166 valence electrons. The first-order valence-corrected chi connectivity index (χ1v) is 11.0. The quantitative estimate of drug-likeness (QED) is 0.282. The number of aryl methyl sites for hydroxylation is 4. The Kier molecular flexibility index (Phi) is 8.72. The Balaban J connectivity index is 0.000000146. The summed E-state index contributed by atoms with van der Waals surface area (Å²) in [6.45, 7) is 8.02. The lowest BCUT2D eigenvalue weighted by molar-refractivity contribution is 0.533. The highest BCUT2D eigenvalue weighted by Crippen LogP contribution is 2.19. The topological polar surface area (TPSA) is 38.9 Å². The first-order valence-electron chi connectivity index (χ1n) is 11.0. The van der Waals surface area contributed by atoms with Crippen LogP contribution in [0.15, 0.2) is 114 Å². The standard InChI is InChI=1S/C13H12.C10H10N2O.C7H8/c1-11-7-9-13(10-8-11)12-5-3-2-4-6-12;1-7-3-5-9(6-4-7)10-12-11-8(2)13-10;1-7-5-3-2-4-6-7/h2-10H,1H3;3-6H,1-2H3;2-6H,1H3. The van der Waals surface area contributed by atoms with Crippen molar-refractivity contribution in [3.8, 4) is 22.6 Å². The molecule has 1 heterocycles. The number of hydrogen-bond donors (Lipinski definition) is 0. The molecule has 1 aromatic heterocycles. The van der Waals surface area contributed by atoms with Gasteiger partial charge in [-0.1, -0.05) is 114 Å². The van der Waals surface area contributed by atoms with Gasteiger partial charge in [0.1, 0.15) is 0 Å². The van der Waals surface area contributed by atoms with Crippen LogP contribution < -0.4 is 0 Å². The third kappa shape index (κ3) is 7.89. The van der Waals surface area contributed by atoms with Gasteiger partial charge >= 0.3 is 0 Å². The van der Waals surface area contributed by atoms with Crippen LogP contribution in [0.3, 0.4) is 0 Å². The third-order valence-corrected chi connectivity index (χ3v) is 4.92. The summed E-state index contributed by atoms with van der Waals surface area (Å²) < 4.78 is 5.29. The summed E-state index contributed by atoms with van der Waals surface area (Å²) in [4.78, 5) is 0. The number of benzene rings is 4. The van der Waals surface area contributed by atoms with E-state index in [4.69, 9.17) is 4.42 Å². The molecule has 0 aliphatic carbocycles. The van der Waals surface area contributed by atoms with E-state index in [2.05, 4.69) is 84.7 Å². The Labute approximate surface area is 196 Å². The molecule has 0 radical (unpaired) electrons. The van der Waals surface area contributed by atoms with Crippen LogP contribution in [0.4, 0.5) is 0 Å². The van der Waals surface area contributed by atoms with Gasteiger partial charge in [0, 0.05) is 12.5 Å². The molecule has 0 aliphatic rings. The van der Waals surface area contributed by atoms with E-state index >= 15 is 0 Å². The lowest BCUT2D eigenvalue weighted by Gasteiger charge is -2.00. The van der Waals surface area contributed by atoms with Gasteiger partial charge in [0.2, 0.25) is 11.8 Å². The van der Waals surface area contributed by atoms with Crippen LogP contribution in [0.1, 0.15) is 22.6 Å². The van der Waals surface area contributed by atoms with E-state index in [1.807, 2.05) is 55.5 Å². The van der Waals surface area contributed by atoms with Gasteiger partial charge < -0.3 is 4.42 Å². The number of aromatic nitrogens is 2. The molecule has 0 bridgehead atoms. The summed E-state index contributed by atoms with van der Waals surface area (Å²) in [6.07, 6.45) is 0. The molecular formula is C30H30N2O. The second-order valence-corrected chi connectivity index (χ2v) is 7.88. The average Bonchev–Trinajstić information content (AvgIpc) is 3.28. The largest absolute Gasteiger partial charge is 0.421 e. The zero-order valence-corrected chi connectivity index (χ0v) is 19.7. The minimum Gasteiger partial charge on any atom is -0.421 e. The molecule has 4 aromatic carbocycles. The highest BCUT2D eigenvalue weighted by atomic mass is 16.4. The minimum atomic E-state index is 0.581. The van der Waals surface area contributed by atoms with Crippen molar-refractivity contribution in [3.63, 3.8) is 0 Å². The second kappa shape index (κ2) is 12.2. The summed E-state index contributed by atoms with van der Waals surface area (Å²) in [5.74, 6) is 1.17. The summed E-state index contributed by atoms with van der Waals surface area (Å²) >= 11 is 0. The Morgan fingerprint density at radius 2 is 0.848 bits per heavy atom. The third-order valence-electron chi connectivity index (χ3n) is 4.92. The van der Waals surface area contributed by atoms with Gasteiger partial charge in [0.15, 0.2) is 0 Å². The Morgan fingerprint density at radius 3 is 1.27 bits per heavy atom. The van der Waals surface area contributed by atoms with Crippen LogP contribution in [0.2, 0.25) is 0 Å². The molecule has 0 unspecified atom stereocenters. The molecule has 5 rings (SSSR count). The molecule has 0 fully saturated rings. The van der Waals surface area contributed by atoms with E-state index in [0.29, 0.717) is 11.8 Å². The summed E-state index contributed by atoms with van der Waals surface area (Å²) in [5.41, 5.74) is 7.38. The molecule has 0 N–H and O–H groups in total. The van der Waals surface area contributed by atoms with E-state index < -0.39 is 0 Å². The average molecular weight is 435 g/mol. The predicted octanol–water partition coefficient (Wildman–Crippen LogP) is 8.01. The molecule has 0 aliphatic heterocycles. The first-order chi connectivity index (χ1) is 16.0. The van der Waals surface area contributed by atoms with Gasteiger partial charge in [-0.05, 0) is 44.0 Å². The molecule has 5 aromatic rings. The normalized spacial score (nSPS) is 9.82. The Bertz CT molecular complexity index is 1210. The number of rotatable bonds is 2. The molecule has 0 amide bonds. The van der Waals surface area contributed by atoms with E-state index in [9.17, 15) is 0 Å². The maximum Gasteiger partial charge on any atom is 0.247 e. The minimum absolute atomic E-state index is 0.581. The van der Waals surface area contributed by atoms with E-state index in [-0.39, 0.29) is 0 Å². The van der Waals surface area contributed by atoms with Gasteiger partial charge in [-0.25, -0.2) is 0 Å². The molecule has 33 heavy (non-hydrogen) atoms. The van der Waals surface area contributed by atoms with Crippen LogP contribution in [0.5, 0.6) is 0 Å². The molecule has 0 saturated carbocycles. The fourth-order valence-corrected chi connectivity index (χ4v) is 3.02. The van der Waals surface area contributed by atoms with Crippen molar-refractivity contribution in [2.75, 3.05) is 0 Å². The molecule has 0 saturated heterocycles. The fraction of sp³-hybridized carbons (Fsp3) is 0.133. The van der Waals surface area contributed by atoms with Crippen molar-refractivity contribution in [2.45, 2.75) is 27.7 Å². The van der Waals surface area contributed by atoms with E-state index in [1.54, 1.807) is 6.92 Å². The molecule has 0 spiro atoms. The van der Waals surface area contributed by atoms with Gasteiger partial charge in [0.05, 0.1) is 0 Å². The van der Waals surface area contributed by atoms with Crippen LogP contribution in [-0.4, -0.2) is 10.2 Å². The lowest BCUT2D eigenvalue weighted by atomic mass is 10.0. The van der Waals surface area contributed by atoms with Crippen molar-refractivity contribution in [1.82, 2.24) is 10.2 Å². The zero-order valence-electron chi connectivity index (χ0n) is 19.7. The Hall–Kier alpha value is -3.98. The van der Waals surface area contributed by atoms with Gasteiger partial charge in [-0.15, -0.1) is 10.2 Å². The van der Waals surface area contributed by atoms with Crippen molar-refractivity contribution >= 4 is 0 Å². The smallest absolute Gasteiger partial charge is 0.247 e. The fourth-order valence-electron chi connectivity index (χ4n) is 3.02. The number of hydrogen-bond acceptors (Lipinski definition) is 3. The molecule has 3 nitrogen and oxygen atoms in total. The van der Waals surface area contributed by atoms with Gasteiger partial charge in [0.25, 0.3) is 0 Å². The number of nitrogens with zero attached hydrogens (tertiary/aromatic N) is 2. The monoisotopic (exact) mass is 434 g/mol. The van der Waals surface area contributed by atoms with Crippen molar-refractivity contribution in [3.05, 3.63) is 132 Å². The van der Waals surface area contributed by atoms with Crippen LogP contribution in [0.25, 0.3) is 22.6 Å². The Morgan fingerprint density at radius 1 is 0.424 bits per heavy atom. The van der Waals surface area contributed by atoms with Gasteiger partial charge in [-0.3, -0.25) is 0 Å². The highest BCUT2D eigenvalue weighted by molar-refractivity contribution is 5.63. The summed E-state index contributed by atoms with van der Waals surface area (Å²) in [6, 6.07) is 37.3. The van der Waals surface area contributed by atoms with E-state index in [1.165, 1.54) is 27.8 Å². The molecule has 0 atom stereocenters. The maximum absolute atomic E-state index is 5.29.